The Morgan fingerprint density at radius 3 is 2.60 bits per heavy atom. The summed E-state index contributed by atoms with van der Waals surface area (Å²) in [6.07, 6.45) is 4.48. The zero-order valence-corrected chi connectivity index (χ0v) is 21.1. The molecule has 35 heavy (non-hydrogen) atoms. The average molecular weight is 540 g/mol. The molecule has 0 spiro atoms. The van der Waals surface area contributed by atoms with Crippen molar-refractivity contribution >= 4 is 39.3 Å². The number of carbonyl (C=O) groups is 4. The molecule has 0 aromatic heterocycles. The molecule has 0 radical (unpaired) electrons. The Kier molecular flexibility index (Phi) is 6.03. The lowest BCUT2D eigenvalue weighted by Crippen LogP contribution is -2.39. The maximum absolute atomic E-state index is 13.4. The lowest BCUT2D eigenvalue weighted by molar-refractivity contribution is -0.140. The number of phenolic OH excluding ortho intramolecular Hbond substituents is 1. The number of likely N-dealkylation sites (tertiary alicyclic amines) is 1. The third kappa shape index (κ3) is 3.53. The fraction of sp³-hybridized carbons (Fsp3) is 0.407. The third-order valence-corrected chi connectivity index (χ3v) is 8.10. The lowest BCUT2D eigenvalue weighted by Gasteiger charge is -2.42. The van der Waals surface area contributed by atoms with Gasteiger partial charge in [0.2, 0.25) is 11.8 Å². The van der Waals surface area contributed by atoms with Gasteiger partial charge in [0.05, 0.1) is 22.9 Å². The van der Waals surface area contributed by atoms with Gasteiger partial charge >= 0.3 is 0 Å². The third-order valence-electron chi connectivity index (χ3n) is 7.51. The molecule has 1 aromatic carbocycles. The van der Waals surface area contributed by atoms with Crippen molar-refractivity contribution in [3.63, 3.8) is 0 Å². The first-order valence-electron chi connectivity index (χ1n) is 12.0. The number of hydrogen-bond donors (Lipinski definition) is 1. The first-order chi connectivity index (χ1) is 16.8. The van der Waals surface area contributed by atoms with Crippen LogP contribution in [0.25, 0.3) is 0 Å². The summed E-state index contributed by atoms with van der Waals surface area (Å²) in [7, 11) is 0. The zero-order chi connectivity index (χ0) is 25.0. The highest BCUT2D eigenvalue weighted by Crippen LogP contribution is 2.56. The van der Waals surface area contributed by atoms with E-state index in [-0.39, 0.29) is 45.8 Å². The number of amides is 2. The smallest absolute Gasteiger partial charge is 0.233 e. The number of imide groups is 1. The molecule has 4 aliphatic rings. The minimum Gasteiger partial charge on any atom is -0.504 e. The highest BCUT2D eigenvalue weighted by molar-refractivity contribution is 9.12. The van der Waals surface area contributed by atoms with Gasteiger partial charge in [-0.15, -0.1) is 0 Å². The van der Waals surface area contributed by atoms with Crippen LogP contribution in [0.5, 0.6) is 11.5 Å². The van der Waals surface area contributed by atoms with Crippen LogP contribution in [0.4, 0.5) is 0 Å². The zero-order valence-electron chi connectivity index (χ0n) is 19.5. The molecule has 1 N–H and O–H groups in total. The van der Waals surface area contributed by atoms with Crippen LogP contribution in [0, 0.1) is 17.8 Å². The van der Waals surface area contributed by atoms with Crippen LogP contribution < -0.4 is 4.74 Å². The second kappa shape index (κ2) is 8.90. The summed E-state index contributed by atoms with van der Waals surface area (Å²) in [4.78, 5) is 54.3. The van der Waals surface area contributed by atoms with Gasteiger partial charge in [-0.1, -0.05) is 30.7 Å². The van der Waals surface area contributed by atoms with E-state index in [1.807, 2.05) is 19.9 Å². The summed E-state index contributed by atoms with van der Waals surface area (Å²) in [6.45, 7) is 4.45. The van der Waals surface area contributed by atoms with Crippen LogP contribution in [0.15, 0.2) is 51.6 Å². The molecule has 0 saturated carbocycles. The number of benzene rings is 1. The first-order valence-corrected chi connectivity index (χ1v) is 12.8. The van der Waals surface area contributed by atoms with E-state index < -0.39 is 23.7 Å². The van der Waals surface area contributed by atoms with Gasteiger partial charge in [0, 0.05) is 35.2 Å². The number of halogens is 1. The molecule has 7 nitrogen and oxygen atoms in total. The molecule has 4 atom stereocenters. The van der Waals surface area contributed by atoms with E-state index in [0.29, 0.717) is 42.7 Å². The van der Waals surface area contributed by atoms with Gasteiger partial charge in [-0.05, 0) is 54.1 Å². The molecule has 5 rings (SSSR count). The molecular weight excluding hydrogens is 514 g/mol. The van der Waals surface area contributed by atoms with E-state index in [1.54, 1.807) is 18.2 Å². The summed E-state index contributed by atoms with van der Waals surface area (Å²) in [5.41, 5.74) is 1.92. The fourth-order valence-electron chi connectivity index (χ4n) is 6.12. The van der Waals surface area contributed by atoms with Crippen LogP contribution >= 0.6 is 15.9 Å². The molecule has 1 aliphatic heterocycles. The van der Waals surface area contributed by atoms with E-state index in [1.165, 1.54) is 11.0 Å². The van der Waals surface area contributed by atoms with Gasteiger partial charge in [-0.25, -0.2) is 0 Å². The Morgan fingerprint density at radius 1 is 1.11 bits per heavy atom. The Morgan fingerprint density at radius 2 is 1.89 bits per heavy atom. The highest BCUT2D eigenvalue weighted by atomic mass is 79.9. The minimum atomic E-state index is -0.707. The van der Waals surface area contributed by atoms with Gasteiger partial charge in [0.25, 0.3) is 0 Å². The molecule has 182 valence electrons. The maximum Gasteiger partial charge on any atom is 0.233 e. The van der Waals surface area contributed by atoms with Gasteiger partial charge in [0.1, 0.15) is 0 Å². The average Bonchev–Trinajstić information content (AvgIpc) is 3.08. The largest absolute Gasteiger partial charge is 0.504 e. The number of allylic oxidation sites excluding steroid dienone is 6. The predicted molar refractivity (Wildman–Crippen MR) is 131 cm³/mol. The van der Waals surface area contributed by atoms with Crippen LogP contribution in [0.3, 0.4) is 0 Å². The Labute approximate surface area is 211 Å². The summed E-state index contributed by atoms with van der Waals surface area (Å²) in [5, 5.41) is 11.1. The van der Waals surface area contributed by atoms with Crippen molar-refractivity contribution in [3.05, 3.63) is 57.1 Å². The van der Waals surface area contributed by atoms with E-state index in [4.69, 9.17) is 4.74 Å². The van der Waals surface area contributed by atoms with E-state index in [9.17, 15) is 24.3 Å². The predicted octanol–water partition coefficient (Wildman–Crippen LogP) is 3.96. The van der Waals surface area contributed by atoms with Gasteiger partial charge in [-0.3, -0.25) is 24.1 Å². The summed E-state index contributed by atoms with van der Waals surface area (Å²) in [6, 6.07) is 5.11. The van der Waals surface area contributed by atoms with E-state index in [0.717, 1.165) is 5.57 Å². The molecular formula is C27H26BrNO6. The Bertz CT molecular complexity index is 1260. The van der Waals surface area contributed by atoms with E-state index in [2.05, 4.69) is 15.9 Å². The lowest BCUT2D eigenvalue weighted by atomic mass is 9.59. The molecule has 1 fully saturated rings. The van der Waals surface area contributed by atoms with Gasteiger partial charge < -0.3 is 9.84 Å². The molecule has 0 bridgehead atoms. The van der Waals surface area contributed by atoms with Gasteiger partial charge in [0.15, 0.2) is 23.1 Å². The van der Waals surface area contributed by atoms with E-state index >= 15 is 0 Å². The summed E-state index contributed by atoms with van der Waals surface area (Å²) >= 11 is 3.22. The number of hydrogen-bond acceptors (Lipinski definition) is 6. The number of carbonyl (C=O) groups excluding carboxylic acids is 4. The normalized spacial score (nSPS) is 27.9. The number of fused-ring (bicyclic) bond motifs is 3. The highest BCUT2D eigenvalue weighted by Gasteiger charge is 2.56. The number of rotatable bonds is 5. The quantitative estimate of drug-likeness (QED) is 0.345. The number of para-hydroxylation sites is 1. The van der Waals surface area contributed by atoms with Crippen molar-refractivity contribution in [1.29, 1.82) is 0 Å². The molecule has 2 amide bonds. The fourth-order valence-corrected chi connectivity index (χ4v) is 6.56. The van der Waals surface area contributed by atoms with Crippen LogP contribution in [-0.4, -0.2) is 46.5 Å². The van der Waals surface area contributed by atoms with Crippen molar-refractivity contribution in [3.8, 4) is 11.5 Å². The van der Waals surface area contributed by atoms with Crippen molar-refractivity contribution in [2.24, 2.45) is 17.8 Å². The number of Topliss-reactive ketones (excluding diaryl/α,β-unsaturated/α-hetero) is 1. The summed E-state index contributed by atoms with van der Waals surface area (Å²) in [5.74, 6) is -2.96. The van der Waals surface area contributed by atoms with Crippen molar-refractivity contribution in [2.75, 3.05) is 13.2 Å². The second-order valence-corrected chi connectivity index (χ2v) is 10.2. The molecule has 0 unspecified atom stereocenters. The Balaban J connectivity index is 1.69. The number of nitrogens with zero attached hydrogens (tertiary/aromatic N) is 1. The first kappa shape index (κ1) is 23.7. The molecule has 1 aromatic rings. The minimum absolute atomic E-state index is 0.0924. The number of aromatic hydroxyl groups is 1. The number of ketones is 2. The number of ether oxygens (including phenoxy) is 1. The molecule has 8 heteroatoms. The standard InChI is InChI=1S/C27H26BrNO6/c1-3-10-29-26(33)15-9-8-13-16(22(15)27(29)34)11-17-23(19(30)12-18(28)24(17)31)21(13)14-6-5-7-20(25(14)32)35-4-2/h5-8,12,15-16,21-22,32H,3-4,9-11H2,1-2H3/t15-,16+,21+,22-/m0/s1. The van der Waals surface area contributed by atoms with Crippen molar-refractivity contribution in [2.45, 2.75) is 39.0 Å². The SMILES string of the molecule is CCCN1C(=O)[C@H]2[C@H](CC=C3[C@H](c4cccc(OCC)c4O)C4=C(C[C@H]32)C(=O)C(Br)=CC4=O)C1=O. The van der Waals surface area contributed by atoms with Crippen LogP contribution in [0.1, 0.15) is 44.6 Å². The van der Waals surface area contributed by atoms with Crippen molar-refractivity contribution < 1.29 is 29.0 Å². The number of phenols is 1. The molecule has 1 heterocycles. The second-order valence-electron chi connectivity index (χ2n) is 9.35. The topological polar surface area (TPSA) is 101 Å². The monoisotopic (exact) mass is 539 g/mol. The maximum atomic E-state index is 13.4. The molecule has 1 saturated heterocycles. The van der Waals surface area contributed by atoms with Crippen molar-refractivity contribution in [1.82, 2.24) is 4.90 Å². The summed E-state index contributed by atoms with van der Waals surface area (Å²) < 4.78 is 5.76. The van der Waals surface area contributed by atoms with Gasteiger partial charge in [-0.2, -0.15) is 0 Å². The molecule has 3 aliphatic carbocycles. The van der Waals surface area contributed by atoms with Crippen LogP contribution in [0.2, 0.25) is 0 Å². The van der Waals surface area contributed by atoms with Crippen LogP contribution in [-0.2, 0) is 19.2 Å². The Hall–Kier alpha value is -3.00.